The predicted octanol–water partition coefficient (Wildman–Crippen LogP) is 3.52. The van der Waals surface area contributed by atoms with Gasteiger partial charge in [0.1, 0.15) is 0 Å². The van der Waals surface area contributed by atoms with Crippen LogP contribution in [0, 0.1) is 5.92 Å². The highest BCUT2D eigenvalue weighted by atomic mass is 15.0. The van der Waals surface area contributed by atoms with Crippen LogP contribution >= 0.6 is 0 Å². The van der Waals surface area contributed by atoms with Crippen LogP contribution in [0.5, 0.6) is 0 Å². The maximum Gasteiger partial charge on any atom is 0.0335 e. The largest absolute Gasteiger partial charge is 0.353 e. The summed E-state index contributed by atoms with van der Waals surface area (Å²) in [6.07, 6.45) is 11.3. The first-order chi connectivity index (χ1) is 8.24. The first kappa shape index (κ1) is 12.7. The van der Waals surface area contributed by atoms with Gasteiger partial charge >= 0.3 is 0 Å². The van der Waals surface area contributed by atoms with Crippen molar-refractivity contribution in [3.63, 3.8) is 0 Å². The second-order valence-electron chi connectivity index (χ2n) is 5.56. The highest BCUT2D eigenvalue weighted by molar-refractivity contribution is 5.30. The molecule has 0 amide bonds. The molecule has 96 valence electrons. The molecule has 1 heterocycles. The van der Waals surface area contributed by atoms with Gasteiger partial charge in [-0.1, -0.05) is 20.3 Å². The lowest BCUT2D eigenvalue weighted by Gasteiger charge is -2.21. The van der Waals surface area contributed by atoms with Gasteiger partial charge in [0, 0.05) is 25.0 Å². The van der Waals surface area contributed by atoms with Gasteiger partial charge in [0.2, 0.25) is 0 Å². The Bertz CT molecular complexity index is 354. The van der Waals surface area contributed by atoms with Crippen LogP contribution in [0.25, 0.3) is 0 Å². The second kappa shape index (κ2) is 5.72. The molecule has 17 heavy (non-hydrogen) atoms. The van der Waals surface area contributed by atoms with E-state index in [0.717, 1.165) is 5.92 Å². The van der Waals surface area contributed by atoms with Crippen LogP contribution in [0.4, 0.5) is 0 Å². The van der Waals surface area contributed by atoms with E-state index in [1.165, 1.54) is 38.6 Å². The molecule has 0 spiro atoms. The summed E-state index contributed by atoms with van der Waals surface area (Å²) in [4.78, 5) is 0. The van der Waals surface area contributed by atoms with Gasteiger partial charge in [-0.05, 0) is 49.8 Å². The highest BCUT2D eigenvalue weighted by Gasteiger charge is 2.20. The van der Waals surface area contributed by atoms with E-state index in [9.17, 15) is 0 Å². The molecule has 0 bridgehead atoms. The summed E-state index contributed by atoms with van der Waals surface area (Å²) in [5.74, 6) is 0.793. The zero-order valence-corrected chi connectivity index (χ0v) is 11.5. The predicted molar refractivity (Wildman–Crippen MR) is 73.2 cm³/mol. The van der Waals surface area contributed by atoms with E-state index in [0.29, 0.717) is 6.04 Å². The van der Waals surface area contributed by atoms with Crippen LogP contribution in [0.15, 0.2) is 12.4 Å². The van der Waals surface area contributed by atoms with Crippen LogP contribution in [0.2, 0.25) is 0 Å². The third-order valence-corrected chi connectivity index (χ3v) is 3.96. The Labute approximate surface area is 105 Å². The summed E-state index contributed by atoms with van der Waals surface area (Å²) >= 11 is 0. The Morgan fingerprint density at radius 3 is 3.00 bits per heavy atom. The van der Waals surface area contributed by atoms with Gasteiger partial charge in [0.25, 0.3) is 0 Å². The van der Waals surface area contributed by atoms with Crippen molar-refractivity contribution in [1.82, 2.24) is 9.88 Å². The molecular weight excluding hydrogens is 208 g/mol. The number of nitrogens with zero attached hydrogens (tertiary/aromatic N) is 1. The van der Waals surface area contributed by atoms with Crippen molar-refractivity contribution in [2.45, 2.75) is 58.5 Å². The van der Waals surface area contributed by atoms with Gasteiger partial charge in [0.05, 0.1) is 0 Å². The molecule has 2 rings (SSSR count). The lowest BCUT2D eigenvalue weighted by Crippen LogP contribution is -2.20. The molecule has 1 aromatic rings. The van der Waals surface area contributed by atoms with Crippen LogP contribution in [-0.2, 0) is 13.0 Å². The van der Waals surface area contributed by atoms with Gasteiger partial charge in [-0.15, -0.1) is 0 Å². The number of hydrogen-bond acceptors (Lipinski definition) is 1. The van der Waals surface area contributed by atoms with E-state index in [1.807, 2.05) is 0 Å². The minimum absolute atomic E-state index is 0.585. The Morgan fingerprint density at radius 2 is 2.29 bits per heavy atom. The maximum atomic E-state index is 3.44. The van der Waals surface area contributed by atoms with Gasteiger partial charge in [-0.25, -0.2) is 0 Å². The Morgan fingerprint density at radius 1 is 1.47 bits per heavy atom. The van der Waals surface area contributed by atoms with Crippen molar-refractivity contribution in [3.8, 4) is 0 Å². The zero-order chi connectivity index (χ0) is 12.3. The molecule has 1 aromatic heterocycles. The summed E-state index contributed by atoms with van der Waals surface area (Å²) in [5.41, 5.74) is 3.11. The molecule has 0 saturated carbocycles. The molecule has 1 N–H and O–H groups in total. The smallest absolute Gasteiger partial charge is 0.0335 e. The summed E-state index contributed by atoms with van der Waals surface area (Å²) < 4.78 is 2.42. The van der Waals surface area contributed by atoms with Crippen molar-refractivity contribution >= 4 is 0 Å². The Kier molecular flexibility index (Phi) is 4.27. The lowest BCUT2D eigenvalue weighted by atomic mass is 9.91. The van der Waals surface area contributed by atoms with Crippen LogP contribution in [0.1, 0.15) is 56.7 Å². The van der Waals surface area contributed by atoms with E-state index in [2.05, 4.69) is 43.2 Å². The average Bonchev–Trinajstić information content (AvgIpc) is 2.70. The third-order valence-electron chi connectivity index (χ3n) is 3.96. The van der Waals surface area contributed by atoms with E-state index in [-0.39, 0.29) is 0 Å². The molecule has 1 aliphatic carbocycles. The van der Waals surface area contributed by atoms with Crippen molar-refractivity contribution in [3.05, 3.63) is 23.5 Å². The second-order valence-corrected chi connectivity index (χ2v) is 5.56. The molecule has 0 saturated heterocycles. The van der Waals surface area contributed by atoms with Gasteiger partial charge < -0.3 is 9.88 Å². The number of aryl methyl sites for hydroxylation is 1. The van der Waals surface area contributed by atoms with Crippen molar-refractivity contribution in [2.75, 3.05) is 7.05 Å². The monoisotopic (exact) mass is 234 g/mol. The molecule has 1 aliphatic rings. The van der Waals surface area contributed by atoms with E-state index in [1.54, 1.807) is 11.1 Å². The van der Waals surface area contributed by atoms with E-state index >= 15 is 0 Å². The number of hydrogen-bond donors (Lipinski definition) is 1. The molecule has 0 aliphatic heterocycles. The van der Waals surface area contributed by atoms with Crippen molar-refractivity contribution in [1.29, 1.82) is 0 Å². The molecule has 0 aromatic carbocycles. The molecule has 2 nitrogen and oxygen atoms in total. The molecule has 2 atom stereocenters. The highest BCUT2D eigenvalue weighted by Crippen LogP contribution is 2.30. The molecule has 2 heteroatoms. The average molecular weight is 234 g/mol. The Balaban J connectivity index is 2.08. The third kappa shape index (κ3) is 2.92. The maximum absolute atomic E-state index is 3.44. The zero-order valence-electron chi connectivity index (χ0n) is 11.5. The summed E-state index contributed by atoms with van der Waals surface area (Å²) in [6, 6.07) is 0.585. The summed E-state index contributed by atoms with van der Waals surface area (Å²) in [6.45, 7) is 5.81. The molecule has 0 fully saturated rings. The normalized spacial score (nSPS) is 21.2. The van der Waals surface area contributed by atoms with Crippen molar-refractivity contribution in [2.24, 2.45) is 5.92 Å². The van der Waals surface area contributed by atoms with Gasteiger partial charge in [-0.3, -0.25) is 0 Å². The number of fused-ring (bicyclic) bond motifs is 1. The first-order valence-electron chi connectivity index (χ1n) is 7.10. The van der Waals surface area contributed by atoms with Crippen molar-refractivity contribution < 1.29 is 0 Å². The van der Waals surface area contributed by atoms with E-state index in [4.69, 9.17) is 0 Å². The Hall–Kier alpha value is -0.760. The van der Waals surface area contributed by atoms with Gasteiger partial charge in [-0.2, -0.15) is 0 Å². The lowest BCUT2D eigenvalue weighted by molar-refractivity contribution is 0.445. The minimum Gasteiger partial charge on any atom is -0.353 e. The van der Waals surface area contributed by atoms with E-state index < -0.39 is 0 Å². The molecule has 0 radical (unpaired) electrons. The topological polar surface area (TPSA) is 17.0 Å². The summed E-state index contributed by atoms with van der Waals surface area (Å²) in [5, 5.41) is 3.44. The van der Waals surface area contributed by atoms with Crippen LogP contribution < -0.4 is 5.32 Å². The summed E-state index contributed by atoms with van der Waals surface area (Å²) in [7, 11) is 2.08. The standard InChI is InChI=1S/C15H26N2/c1-4-6-12(2)9-17-10-13-7-5-8-15(16-3)14(13)11-17/h10-12,15-16H,4-9H2,1-3H3. The molecular formula is C15H26N2. The van der Waals surface area contributed by atoms with Crippen LogP contribution in [-0.4, -0.2) is 11.6 Å². The number of nitrogens with one attached hydrogen (secondary N) is 1. The first-order valence-corrected chi connectivity index (χ1v) is 7.10. The quantitative estimate of drug-likeness (QED) is 0.825. The fourth-order valence-electron chi connectivity index (χ4n) is 3.10. The number of rotatable bonds is 5. The number of aromatic nitrogens is 1. The fraction of sp³-hybridized carbons (Fsp3) is 0.733. The SMILES string of the molecule is CCCC(C)Cn1cc2c(c1)C(NC)CCC2. The fourth-order valence-corrected chi connectivity index (χ4v) is 3.10. The minimum atomic E-state index is 0.585. The van der Waals surface area contributed by atoms with Crippen LogP contribution in [0.3, 0.4) is 0 Å². The molecule has 2 unspecified atom stereocenters. The van der Waals surface area contributed by atoms with Gasteiger partial charge in [0.15, 0.2) is 0 Å².